The number of nitrogens with one attached hydrogen (secondary N) is 1. The molecule has 4 rings (SSSR count). The summed E-state index contributed by atoms with van der Waals surface area (Å²) in [5.74, 6) is 0.915. The summed E-state index contributed by atoms with van der Waals surface area (Å²) in [6.07, 6.45) is 6.88. The Balaban J connectivity index is 1.17. The van der Waals surface area contributed by atoms with Gasteiger partial charge in [-0.2, -0.15) is 4.98 Å². The topological polar surface area (TPSA) is 99.9 Å². The van der Waals surface area contributed by atoms with Crippen molar-refractivity contribution < 1.29 is 23.4 Å². The van der Waals surface area contributed by atoms with E-state index in [1.807, 2.05) is 24.3 Å². The standard InChI is InChI=1S/C34H36N2O6/c1-24(2)9-6-10-25(3)19-22-40-28-17-15-26(16-18-28)32(37)41-21-8-20-39-29-12-7-11-27(23-29)35-34-36-31-14-5-4-13-30(31)33(38)42-34/h4-5,7,9,11-19,23H,6,8,10,20-22H2,1-3H3,(H,35,36)/b25-19+. The van der Waals surface area contributed by atoms with Gasteiger partial charge in [0, 0.05) is 18.2 Å². The van der Waals surface area contributed by atoms with Gasteiger partial charge < -0.3 is 23.9 Å². The third-order valence-corrected chi connectivity index (χ3v) is 6.27. The van der Waals surface area contributed by atoms with Gasteiger partial charge in [0.25, 0.3) is 0 Å². The summed E-state index contributed by atoms with van der Waals surface area (Å²) >= 11 is 0. The Morgan fingerprint density at radius 1 is 0.905 bits per heavy atom. The molecule has 0 atom stereocenters. The van der Waals surface area contributed by atoms with E-state index in [0.29, 0.717) is 53.3 Å². The number of hydrogen-bond acceptors (Lipinski definition) is 8. The maximum atomic E-state index is 12.4. The minimum atomic E-state index is -0.460. The number of ether oxygens (including phenoxy) is 3. The number of benzene rings is 3. The van der Waals surface area contributed by atoms with Crippen LogP contribution >= 0.6 is 0 Å². The fraction of sp³-hybridized carbons (Fsp3) is 0.265. The van der Waals surface area contributed by atoms with Crippen LogP contribution in [0.3, 0.4) is 0 Å². The predicted octanol–water partition coefficient (Wildman–Crippen LogP) is 7.63. The first kappa shape index (κ1) is 30.1. The van der Waals surface area contributed by atoms with Crippen molar-refractivity contribution in [2.45, 2.75) is 40.0 Å². The molecule has 0 fully saturated rings. The molecule has 42 heavy (non-hydrogen) atoms. The lowest BCUT2D eigenvalue weighted by Gasteiger charge is -2.10. The van der Waals surface area contributed by atoms with E-state index >= 15 is 0 Å². The third kappa shape index (κ3) is 9.37. The van der Waals surface area contributed by atoms with E-state index in [2.05, 4.69) is 43.2 Å². The second-order valence-electron chi connectivity index (χ2n) is 10.0. The van der Waals surface area contributed by atoms with Crippen molar-refractivity contribution >= 4 is 28.6 Å². The smallest absolute Gasteiger partial charge is 0.348 e. The maximum Gasteiger partial charge on any atom is 0.348 e. The van der Waals surface area contributed by atoms with Gasteiger partial charge >= 0.3 is 17.6 Å². The molecule has 1 N–H and O–H groups in total. The van der Waals surface area contributed by atoms with Crippen LogP contribution in [-0.4, -0.2) is 30.8 Å². The molecule has 1 aromatic heterocycles. The van der Waals surface area contributed by atoms with E-state index in [9.17, 15) is 9.59 Å². The first-order chi connectivity index (χ1) is 20.4. The minimum absolute atomic E-state index is 0.0972. The molecule has 0 bridgehead atoms. The predicted molar refractivity (Wildman–Crippen MR) is 165 cm³/mol. The number of anilines is 2. The molecule has 0 aliphatic heterocycles. The first-order valence-corrected chi connectivity index (χ1v) is 14.0. The van der Waals surface area contributed by atoms with Crippen LogP contribution in [0.5, 0.6) is 11.5 Å². The summed E-state index contributed by atoms with van der Waals surface area (Å²) in [4.78, 5) is 28.9. The van der Waals surface area contributed by atoms with Crippen molar-refractivity contribution in [3.05, 3.63) is 112 Å². The van der Waals surface area contributed by atoms with Gasteiger partial charge in [-0.1, -0.05) is 35.4 Å². The second-order valence-corrected chi connectivity index (χ2v) is 10.0. The summed E-state index contributed by atoms with van der Waals surface area (Å²) < 4.78 is 22.2. The maximum absolute atomic E-state index is 12.4. The van der Waals surface area contributed by atoms with Gasteiger partial charge in [-0.15, -0.1) is 0 Å². The summed E-state index contributed by atoms with van der Waals surface area (Å²) in [5.41, 5.74) is 3.82. The number of fused-ring (bicyclic) bond motifs is 1. The normalized spacial score (nSPS) is 11.2. The molecule has 0 radical (unpaired) electrons. The van der Waals surface area contributed by atoms with Gasteiger partial charge in [-0.05, 0) is 88.2 Å². The molecule has 0 spiro atoms. The van der Waals surface area contributed by atoms with Crippen LogP contribution in [0, 0.1) is 0 Å². The average molecular weight is 569 g/mol. The highest BCUT2D eigenvalue weighted by atomic mass is 16.5. The Labute approximate surface area is 245 Å². The molecule has 218 valence electrons. The van der Waals surface area contributed by atoms with Crippen LogP contribution in [0.25, 0.3) is 10.9 Å². The third-order valence-electron chi connectivity index (χ3n) is 6.27. The molecular formula is C34H36N2O6. The quantitative estimate of drug-likeness (QED) is 0.0942. The number of carbonyl (C=O) groups excluding carboxylic acids is 1. The fourth-order valence-corrected chi connectivity index (χ4v) is 4.01. The molecule has 0 amide bonds. The minimum Gasteiger partial charge on any atom is -0.493 e. The fourth-order valence-electron chi connectivity index (χ4n) is 4.01. The summed E-state index contributed by atoms with van der Waals surface area (Å²) in [7, 11) is 0. The van der Waals surface area contributed by atoms with Crippen LogP contribution in [-0.2, 0) is 4.74 Å². The molecule has 1 heterocycles. The molecular weight excluding hydrogens is 532 g/mol. The van der Waals surface area contributed by atoms with Crippen LogP contribution < -0.4 is 20.4 Å². The van der Waals surface area contributed by atoms with E-state index in [1.165, 1.54) is 11.1 Å². The van der Waals surface area contributed by atoms with E-state index in [4.69, 9.17) is 18.6 Å². The van der Waals surface area contributed by atoms with Gasteiger partial charge in [0.15, 0.2) is 0 Å². The molecule has 8 nitrogen and oxygen atoms in total. The SMILES string of the molecule is CC(C)=CCC/C(C)=C/COc1ccc(C(=O)OCCCOc2cccc(Nc3nc4ccccc4c(=O)o3)c2)cc1. The molecule has 0 aliphatic rings. The average Bonchev–Trinajstić information content (AvgIpc) is 2.97. The monoisotopic (exact) mass is 568 g/mol. The molecule has 8 heteroatoms. The van der Waals surface area contributed by atoms with Crippen molar-refractivity contribution in [1.29, 1.82) is 0 Å². The molecule has 0 saturated carbocycles. The molecule has 0 aliphatic carbocycles. The van der Waals surface area contributed by atoms with Gasteiger partial charge in [0.2, 0.25) is 0 Å². The highest BCUT2D eigenvalue weighted by Gasteiger charge is 2.09. The number of nitrogens with zero attached hydrogens (tertiary/aromatic N) is 1. The number of hydrogen-bond donors (Lipinski definition) is 1. The zero-order valence-corrected chi connectivity index (χ0v) is 24.2. The van der Waals surface area contributed by atoms with Crippen molar-refractivity contribution in [2.75, 3.05) is 25.1 Å². The number of allylic oxidation sites excluding steroid dienone is 3. The van der Waals surface area contributed by atoms with E-state index < -0.39 is 11.6 Å². The number of aromatic nitrogens is 1. The van der Waals surface area contributed by atoms with Gasteiger partial charge in [-0.3, -0.25) is 0 Å². The van der Waals surface area contributed by atoms with Gasteiger partial charge in [0.1, 0.15) is 18.1 Å². The zero-order valence-electron chi connectivity index (χ0n) is 24.2. The zero-order chi connectivity index (χ0) is 29.7. The Morgan fingerprint density at radius 3 is 2.52 bits per heavy atom. The summed E-state index contributed by atoms with van der Waals surface area (Å²) in [6.45, 7) is 7.37. The van der Waals surface area contributed by atoms with Gasteiger partial charge in [0.05, 0.1) is 29.7 Å². The first-order valence-electron chi connectivity index (χ1n) is 14.0. The van der Waals surface area contributed by atoms with Crippen LogP contribution in [0.2, 0.25) is 0 Å². The second kappa shape index (κ2) is 15.2. The summed E-state index contributed by atoms with van der Waals surface area (Å²) in [5, 5.41) is 3.42. The largest absolute Gasteiger partial charge is 0.493 e. The Kier molecular flexibility index (Phi) is 10.9. The molecule has 4 aromatic rings. The van der Waals surface area contributed by atoms with Crippen LogP contribution in [0.1, 0.15) is 50.4 Å². The number of para-hydroxylation sites is 1. The molecule has 3 aromatic carbocycles. The highest BCUT2D eigenvalue weighted by molar-refractivity contribution is 5.89. The van der Waals surface area contributed by atoms with Crippen molar-refractivity contribution in [3.63, 3.8) is 0 Å². The Morgan fingerprint density at radius 2 is 1.71 bits per heavy atom. The van der Waals surface area contributed by atoms with Crippen LogP contribution in [0.15, 0.2) is 105 Å². The number of carbonyl (C=O) groups is 1. The lowest BCUT2D eigenvalue weighted by atomic mass is 10.1. The molecule has 0 unspecified atom stereocenters. The van der Waals surface area contributed by atoms with Crippen molar-refractivity contribution in [2.24, 2.45) is 0 Å². The van der Waals surface area contributed by atoms with Crippen LogP contribution in [0.4, 0.5) is 11.7 Å². The lowest BCUT2D eigenvalue weighted by molar-refractivity contribution is 0.0486. The lowest BCUT2D eigenvalue weighted by Crippen LogP contribution is -2.09. The van der Waals surface area contributed by atoms with Gasteiger partial charge in [-0.25, -0.2) is 9.59 Å². The number of rotatable bonds is 14. The highest BCUT2D eigenvalue weighted by Crippen LogP contribution is 2.21. The Bertz CT molecular complexity index is 1600. The molecule has 0 saturated heterocycles. The van der Waals surface area contributed by atoms with E-state index in [1.54, 1.807) is 48.5 Å². The Hall–Kier alpha value is -4.85. The van der Waals surface area contributed by atoms with Crippen molar-refractivity contribution in [3.8, 4) is 11.5 Å². The van der Waals surface area contributed by atoms with E-state index in [-0.39, 0.29) is 12.6 Å². The summed E-state index contributed by atoms with van der Waals surface area (Å²) in [6, 6.07) is 21.2. The number of esters is 1. The van der Waals surface area contributed by atoms with E-state index in [0.717, 1.165) is 12.8 Å². The van der Waals surface area contributed by atoms with Crippen molar-refractivity contribution in [1.82, 2.24) is 4.98 Å².